The minimum Gasteiger partial charge on any atom is -0.384 e. The Kier molecular flexibility index (Phi) is 3.61. The number of nitrogen functional groups attached to an aromatic ring is 1. The van der Waals surface area contributed by atoms with E-state index in [2.05, 4.69) is 30.2 Å². The van der Waals surface area contributed by atoms with Crippen LogP contribution in [-0.2, 0) is 6.54 Å². The summed E-state index contributed by atoms with van der Waals surface area (Å²) in [5.74, 6) is 1.80. The quantitative estimate of drug-likeness (QED) is 0.703. The molecule has 20 heavy (non-hydrogen) atoms. The largest absolute Gasteiger partial charge is 0.384 e. The lowest BCUT2D eigenvalue weighted by Crippen LogP contribution is -2.06. The lowest BCUT2D eigenvalue weighted by atomic mass is 10.5. The van der Waals surface area contributed by atoms with Crippen molar-refractivity contribution in [1.82, 2.24) is 24.9 Å². The Morgan fingerprint density at radius 1 is 1.30 bits per heavy atom. The van der Waals surface area contributed by atoms with Crippen molar-refractivity contribution in [2.45, 2.75) is 10.9 Å². The van der Waals surface area contributed by atoms with Crippen molar-refractivity contribution in [3.05, 3.63) is 24.4 Å². The summed E-state index contributed by atoms with van der Waals surface area (Å²) in [4.78, 5) is 21.1. The van der Waals surface area contributed by atoms with Crippen LogP contribution in [0.5, 0.6) is 0 Å². The van der Waals surface area contributed by atoms with Crippen molar-refractivity contribution in [2.24, 2.45) is 0 Å². The van der Waals surface area contributed by atoms with Crippen LogP contribution in [0.2, 0.25) is 0 Å². The average Bonchev–Trinajstić information content (AvgIpc) is 2.89. The summed E-state index contributed by atoms with van der Waals surface area (Å²) in [5, 5.41) is 3.20. The molecule has 0 amide bonds. The first-order chi connectivity index (χ1) is 9.76. The molecule has 9 heteroatoms. The zero-order valence-corrected chi connectivity index (χ0v) is 12.2. The third-order valence-corrected chi connectivity index (χ3v) is 4.52. The number of nitrogens with two attached hydrogens (primary N) is 1. The molecule has 3 aromatic heterocycles. The summed E-state index contributed by atoms with van der Waals surface area (Å²) in [6.07, 6.45) is 5.11. The maximum atomic E-state index is 5.62. The lowest BCUT2D eigenvalue weighted by molar-refractivity contribution is 0.947. The predicted molar refractivity (Wildman–Crippen MR) is 80.8 cm³/mol. The van der Waals surface area contributed by atoms with Crippen LogP contribution in [0.3, 0.4) is 0 Å². The van der Waals surface area contributed by atoms with Gasteiger partial charge in [-0.05, 0) is 12.3 Å². The second-order valence-electron chi connectivity index (χ2n) is 3.81. The standard InChI is InChI=1S/C11H11N7S2/c1-19-11-18-10-8(20-11)9(15-5-16-10)14-4-7-13-3-2-6(12)17-7/h2-3,5H,4H2,1H3,(H2,12,13,17)(H,14,15,16). The summed E-state index contributed by atoms with van der Waals surface area (Å²) in [5.41, 5.74) is 6.32. The molecule has 0 aromatic carbocycles. The second kappa shape index (κ2) is 5.55. The molecule has 0 aliphatic carbocycles. The van der Waals surface area contributed by atoms with Gasteiger partial charge in [0.05, 0.1) is 6.54 Å². The average molecular weight is 305 g/mol. The van der Waals surface area contributed by atoms with Crippen molar-refractivity contribution in [2.75, 3.05) is 17.3 Å². The van der Waals surface area contributed by atoms with Gasteiger partial charge in [0, 0.05) is 6.20 Å². The molecule has 0 aliphatic heterocycles. The fraction of sp³-hybridized carbons (Fsp3) is 0.182. The number of aromatic nitrogens is 5. The highest BCUT2D eigenvalue weighted by atomic mass is 32.2. The molecule has 3 N–H and O–H groups in total. The van der Waals surface area contributed by atoms with E-state index in [0.29, 0.717) is 23.8 Å². The first-order valence-corrected chi connectivity index (χ1v) is 7.77. The number of hydrogen-bond donors (Lipinski definition) is 2. The predicted octanol–water partition coefficient (Wildman–Crippen LogP) is 1.79. The van der Waals surface area contributed by atoms with Crippen LogP contribution in [0.1, 0.15) is 5.82 Å². The molecule has 0 bridgehead atoms. The molecule has 0 atom stereocenters. The van der Waals surface area contributed by atoms with Crippen molar-refractivity contribution in [3.63, 3.8) is 0 Å². The Labute approximate surface area is 123 Å². The molecule has 0 unspecified atom stereocenters. The number of nitrogens with one attached hydrogen (secondary N) is 1. The smallest absolute Gasteiger partial charge is 0.176 e. The molecule has 0 fully saturated rings. The van der Waals surface area contributed by atoms with Crippen molar-refractivity contribution in [1.29, 1.82) is 0 Å². The van der Waals surface area contributed by atoms with Gasteiger partial charge in [0.1, 0.15) is 28.5 Å². The second-order valence-corrected chi connectivity index (χ2v) is 5.86. The SMILES string of the molecule is CSc1nc2ncnc(NCc3nccc(N)n3)c2s1. The molecule has 3 aromatic rings. The third kappa shape index (κ3) is 2.63. The number of rotatable bonds is 4. The molecule has 102 valence electrons. The van der Waals surface area contributed by atoms with Crippen LogP contribution in [0.4, 0.5) is 11.6 Å². The summed E-state index contributed by atoms with van der Waals surface area (Å²) >= 11 is 3.15. The Hall–Kier alpha value is -2.00. The first-order valence-electron chi connectivity index (χ1n) is 5.73. The van der Waals surface area contributed by atoms with Gasteiger partial charge in [0.2, 0.25) is 0 Å². The molecule has 3 rings (SSSR count). The van der Waals surface area contributed by atoms with Crippen LogP contribution in [-0.4, -0.2) is 31.2 Å². The van der Waals surface area contributed by atoms with E-state index in [1.807, 2.05) is 6.26 Å². The Morgan fingerprint density at radius 2 is 2.20 bits per heavy atom. The van der Waals surface area contributed by atoms with Crippen LogP contribution < -0.4 is 11.1 Å². The first kappa shape index (κ1) is 13.0. The molecule has 0 saturated carbocycles. The van der Waals surface area contributed by atoms with E-state index in [-0.39, 0.29) is 0 Å². The van der Waals surface area contributed by atoms with E-state index in [9.17, 15) is 0 Å². The number of fused-ring (bicyclic) bond motifs is 1. The molecular weight excluding hydrogens is 294 g/mol. The maximum absolute atomic E-state index is 5.62. The van der Waals surface area contributed by atoms with Crippen LogP contribution >= 0.6 is 23.1 Å². The van der Waals surface area contributed by atoms with E-state index in [0.717, 1.165) is 14.9 Å². The minimum absolute atomic E-state index is 0.448. The number of nitrogens with zero attached hydrogens (tertiary/aromatic N) is 5. The fourth-order valence-corrected chi connectivity index (χ4v) is 3.09. The van der Waals surface area contributed by atoms with Gasteiger partial charge in [0.15, 0.2) is 9.99 Å². The Morgan fingerprint density at radius 3 is 3.00 bits per heavy atom. The number of anilines is 2. The van der Waals surface area contributed by atoms with Crippen molar-refractivity contribution < 1.29 is 0 Å². The monoisotopic (exact) mass is 305 g/mol. The van der Waals surface area contributed by atoms with Crippen LogP contribution in [0.25, 0.3) is 10.3 Å². The van der Waals surface area contributed by atoms with Gasteiger partial charge in [-0.25, -0.2) is 24.9 Å². The van der Waals surface area contributed by atoms with E-state index >= 15 is 0 Å². The number of thiazole rings is 1. The van der Waals surface area contributed by atoms with Crippen molar-refractivity contribution >= 4 is 45.1 Å². The summed E-state index contributed by atoms with van der Waals surface area (Å²) in [7, 11) is 0. The van der Waals surface area contributed by atoms with Gasteiger partial charge in [-0.15, -0.1) is 11.3 Å². The summed E-state index contributed by atoms with van der Waals surface area (Å²) in [6.45, 7) is 0.448. The summed E-state index contributed by atoms with van der Waals surface area (Å²) < 4.78 is 1.89. The molecule has 0 aliphatic rings. The van der Waals surface area contributed by atoms with E-state index in [1.165, 1.54) is 6.33 Å². The van der Waals surface area contributed by atoms with Crippen LogP contribution in [0.15, 0.2) is 22.9 Å². The van der Waals surface area contributed by atoms with Gasteiger partial charge in [-0.2, -0.15) is 0 Å². The number of thioether (sulfide) groups is 1. The van der Waals surface area contributed by atoms with Gasteiger partial charge in [0.25, 0.3) is 0 Å². The third-order valence-electron chi connectivity index (χ3n) is 2.49. The molecule has 0 radical (unpaired) electrons. The van der Waals surface area contributed by atoms with Gasteiger partial charge < -0.3 is 11.1 Å². The lowest BCUT2D eigenvalue weighted by Gasteiger charge is -2.04. The highest BCUT2D eigenvalue weighted by Crippen LogP contribution is 2.30. The Bertz CT molecular complexity index is 742. The van der Waals surface area contributed by atoms with Gasteiger partial charge in [-0.3, -0.25) is 0 Å². The maximum Gasteiger partial charge on any atom is 0.176 e. The highest BCUT2D eigenvalue weighted by molar-refractivity contribution is 8.00. The van der Waals surface area contributed by atoms with Crippen molar-refractivity contribution in [3.8, 4) is 0 Å². The normalized spacial score (nSPS) is 10.8. The highest BCUT2D eigenvalue weighted by Gasteiger charge is 2.10. The van der Waals surface area contributed by atoms with Gasteiger partial charge >= 0.3 is 0 Å². The molecular formula is C11H11N7S2. The minimum atomic E-state index is 0.448. The Balaban J connectivity index is 1.85. The zero-order chi connectivity index (χ0) is 13.9. The van der Waals surface area contributed by atoms with E-state index < -0.39 is 0 Å². The molecule has 0 spiro atoms. The van der Waals surface area contributed by atoms with Crippen LogP contribution in [0, 0.1) is 0 Å². The number of hydrogen-bond acceptors (Lipinski definition) is 9. The fourth-order valence-electron chi connectivity index (χ4n) is 1.61. The van der Waals surface area contributed by atoms with Gasteiger partial charge in [-0.1, -0.05) is 11.8 Å². The topological polar surface area (TPSA) is 102 Å². The molecule has 3 heterocycles. The molecule has 7 nitrogen and oxygen atoms in total. The molecule has 0 saturated heterocycles. The summed E-state index contributed by atoms with van der Waals surface area (Å²) in [6, 6.07) is 1.65. The van der Waals surface area contributed by atoms with E-state index in [1.54, 1.807) is 35.4 Å². The van der Waals surface area contributed by atoms with E-state index in [4.69, 9.17) is 5.73 Å². The zero-order valence-electron chi connectivity index (χ0n) is 10.6.